The lowest BCUT2D eigenvalue weighted by Gasteiger charge is -2.22. The van der Waals surface area contributed by atoms with E-state index in [0.29, 0.717) is 17.8 Å². The molecule has 0 spiro atoms. The molecule has 0 saturated heterocycles. The van der Waals surface area contributed by atoms with Crippen molar-refractivity contribution in [3.05, 3.63) is 64.2 Å². The molecule has 0 aliphatic heterocycles. The van der Waals surface area contributed by atoms with Crippen molar-refractivity contribution in [1.29, 1.82) is 0 Å². The standard InChI is InChI=1S/C24H34O/c1-8-20-15-19(12-13-21(20)16(2)3)14-18(6)24-22(17(4)5)10-9-11-23(24)25-7/h9-13,15-18H,8,14H2,1-7H3. The molecule has 0 aromatic heterocycles. The van der Waals surface area contributed by atoms with E-state index >= 15 is 0 Å². The fourth-order valence-electron chi connectivity index (χ4n) is 3.88. The minimum Gasteiger partial charge on any atom is -0.496 e. The van der Waals surface area contributed by atoms with Gasteiger partial charge in [0.25, 0.3) is 0 Å². The highest BCUT2D eigenvalue weighted by molar-refractivity contribution is 5.45. The van der Waals surface area contributed by atoms with Gasteiger partial charge in [-0.2, -0.15) is 0 Å². The zero-order chi connectivity index (χ0) is 18.6. The summed E-state index contributed by atoms with van der Waals surface area (Å²) in [5, 5.41) is 0. The Hall–Kier alpha value is -1.76. The highest BCUT2D eigenvalue weighted by atomic mass is 16.5. The van der Waals surface area contributed by atoms with Crippen molar-refractivity contribution in [2.75, 3.05) is 7.11 Å². The summed E-state index contributed by atoms with van der Waals surface area (Å²) in [4.78, 5) is 0. The van der Waals surface area contributed by atoms with Gasteiger partial charge in [0.15, 0.2) is 0 Å². The largest absolute Gasteiger partial charge is 0.496 e. The van der Waals surface area contributed by atoms with Gasteiger partial charge in [-0.1, -0.05) is 71.9 Å². The third-order valence-corrected chi connectivity index (χ3v) is 5.19. The van der Waals surface area contributed by atoms with E-state index in [4.69, 9.17) is 4.74 Å². The molecule has 0 radical (unpaired) electrons. The fourth-order valence-corrected chi connectivity index (χ4v) is 3.88. The lowest BCUT2D eigenvalue weighted by Crippen LogP contribution is -2.07. The van der Waals surface area contributed by atoms with Crippen LogP contribution in [0.4, 0.5) is 0 Å². The molecule has 2 rings (SSSR count). The lowest BCUT2D eigenvalue weighted by atomic mass is 9.84. The normalized spacial score (nSPS) is 12.7. The second-order valence-electron chi connectivity index (χ2n) is 7.76. The maximum atomic E-state index is 5.69. The molecule has 2 aromatic carbocycles. The SMILES string of the molecule is CCc1cc(CC(C)c2c(OC)cccc2C(C)C)ccc1C(C)C. The predicted octanol–water partition coefficient (Wildman–Crippen LogP) is 6.85. The Kier molecular flexibility index (Phi) is 6.70. The smallest absolute Gasteiger partial charge is 0.122 e. The second kappa shape index (κ2) is 8.56. The minimum absolute atomic E-state index is 0.433. The van der Waals surface area contributed by atoms with Gasteiger partial charge in [-0.3, -0.25) is 0 Å². The number of benzene rings is 2. The number of aryl methyl sites for hydroxylation is 1. The topological polar surface area (TPSA) is 9.23 Å². The highest BCUT2D eigenvalue weighted by Gasteiger charge is 2.19. The van der Waals surface area contributed by atoms with Crippen molar-refractivity contribution in [1.82, 2.24) is 0 Å². The fraction of sp³-hybridized carbons (Fsp3) is 0.500. The van der Waals surface area contributed by atoms with Crippen LogP contribution in [0.1, 0.15) is 87.1 Å². The molecular weight excluding hydrogens is 304 g/mol. The first-order valence-corrected chi connectivity index (χ1v) is 9.67. The lowest BCUT2D eigenvalue weighted by molar-refractivity contribution is 0.405. The second-order valence-corrected chi connectivity index (χ2v) is 7.76. The van der Waals surface area contributed by atoms with Crippen LogP contribution in [0.2, 0.25) is 0 Å². The molecule has 0 amide bonds. The van der Waals surface area contributed by atoms with Crippen LogP contribution in [-0.2, 0) is 12.8 Å². The molecule has 1 nitrogen and oxygen atoms in total. The van der Waals surface area contributed by atoms with Gasteiger partial charge in [-0.05, 0) is 58.9 Å². The number of hydrogen-bond donors (Lipinski definition) is 0. The van der Waals surface area contributed by atoms with Gasteiger partial charge in [0, 0.05) is 5.56 Å². The van der Waals surface area contributed by atoms with Gasteiger partial charge in [-0.25, -0.2) is 0 Å². The molecule has 0 aliphatic rings. The third-order valence-electron chi connectivity index (χ3n) is 5.19. The van der Waals surface area contributed by atoms with Crippen molar-refractivity contribution in [2.24, 2.45) is 0 Å². The van der Waals surface area contributed by atoms with Gasteiger partial charge < -0.3 is 4.74 Å². The van der Waals surface area contributed by atoms with Crippen LogP contribution < -0.4 is 4.74 Å². The quantitative estimate of drug-likeness (QED) is 0.536. The van der Waals surface area contributed by atoms with Gasteiger partial charge in [0.05, 0.1) is 7.11 Å². The summed E-state index contributed by atoms with van der Waals surface area (Å²) in [6, 6.07) is 13.5. The average molecular weight is 339 g/mol. The zero-order valence-corrected chi connectivity index (χ0v) is 17.0. The van der Waals surface area contributed by atoms with E-state index in [0.717, 1.165) is 18.6 Å². The minimum atomic E-state index is 0.433. The molecule has 136 valence electrons. The van der Waals surface area contributed by atoms with Crippen molar-refractivity contribution in [2.45, 2.75) is 72.1 Å². The summed E-state index contributed by atoms with van der Waals surface area (Å²) < 4.78 is 5.69. The number of ether oxygens (including phenoxy) is 1. The molecular formula is C24H34O. The van der Waals surface area contributed by atoms with E-state index in [1.54, 1.807) is 7.11 Å². The van der Waals surface area contributed by atoms with Crippen molar-refractivity contribution in [3.8, 4) is 5.75 Å². The van der Waals surface area contributed by atoms with Crippen LogP contribution >= 0.6 is 0 Å². The van der Waals surface area contributed by atoms with Gasteiger partial charge >= 0.3 is 0 Å². The first-order chi connectivity index (χ1) is 11.9. The monoisotopic (exact) mass is 338 g/mol. The van der Waals surface area contributed by atoms with Gasteiger partial charge in [0.1, 0.15) is 5.75 Å². The van der Waals surface area contributed by atoms with E-state index in [1.165, 1.54) is 27.8 Å². The maximum absolute atomic E-state index is 5.69. The number of rotatable bonds is 7. The molecule has 25 heavy (non-hydrogen) atoms. The van der Waals surface area contributed by atoms with E-state index in [9.17, 15) is 0 Å². The summed E-state index contributed by atoms with van der Waals surface area (Å²) in [6.45, 7) is 13.7. The van der Waals surface area contributed by atoms with Crippen LogP contribution in [-0.4, -0.2) is 7.11 Å². The average Bonchev–Trinajstić information content (AvgIpc) is 2.60. The molecule has 1 heteroatoms. The first kappa shape index (κ1) is 19.6. The third kappa shape index (κ3) is 4.45. The van der Waals surface area contributed by atoms with Gasteiger partial charge in [-0.15, -0.1) is 0 Å². The maximum Gasteiger partial charge on any atom is 0.122 e. The molecule has 1 atom stereocenters. The van der Waals surface area contributed by atoms with E-state index in [1.807, 2.05) is 0 Å². The Morgan fingerprint density at radius 3 is 2.12 bits per heavy atom. The molecule has 0 saturated carbocycles. The summed E-state index contributed by atoms with van der Waals surface area (Å²) in [5.41, 5.74) is 7.17. The molecule has 2 aromatic rings. The number of methoxy groups -OCH3 is 1. The molecule has 0 heterocycles. The van der Waals surface area contributed by atoms with Crippen LogP contribution in [0.3, 0.4) is 0 Å². The number of hydrogen-bond acceptors (Lipinski definition) is 1. The highest BCUT2D eigenvalue weighted by Crippen LogP contribution is 2.36. The Morgan fingerprint density at radius 2 is 1.56 bits per heavy atom. The molecule has 0 aliphatic carbocycles. The molecule has 0 fully saturated rings. The Labute approximate surface area is 154 Å². The van der Waals surface area contributed by atoms with Crippen molar-refractivity contribution >= 4 is 0 Å². The van der Waals surface area contributed by atoms with Crippen LogP contribution in [0.5, 0.6) is 5.75 Å². The first-order valence-electron chi connectivity index (χ1n) is 9.67. The van der Waals surface area contributed by atoms with E-state index in [2.05, 4.69) is 77.9 Å². The predicted molar refractivity (Wildman–Crippen MR) is 109 cm³/mol. The van der Waals surface area contributed by atoms with Crippen molar-refractivity contribution in [3.63, 3.8) is 0 Å². The summed E-state index contributed by atoms with van der Waals surface area (Å²) >= 11 is 0. The Balaban J connectivity index is 2.36. The Morgan fingerprint density at radius 1 is 0.880 bits per heavy atom. The van der Waals surface area contributed by atoms with E-state index < -0.39 is 0 Å². The zero-order valence-electron chi connectivity index (χ0n) is 17.0. The summed E-state index contributed by atoms with van der Waals surface area (Å²) in [5.74, 6) is 2.54. The van der Waals surface area contributed by atoms with Crippen LogP contribution in [0, 0.1) is 0 Å². The van der Waals surface area contributed by atoms with Crippen LogP contribution in [0.15, 0.2) is 36.4 Å². The van der Waals surface area contributed by atoms with Crippen molar-refractivity contribution < 1.29 is 4.74 Å². The summed E-state index contributed by atoms with van der Waals surface area (Å²) in [6.07, 6.45) is 2.15. The van der Waals surface area contributed by atoms with Crippen LogP contribution in [0.25, 0.3) is 0 Å². The van der Waals surface area contributed by atoms with E-state index in [-0.39, 0.29) is 0 Å². The Bertz CT molecular complexity index is 697. The van der Waals surface area contributed by atoms with Gasteiger partial charge in [0.2, 0.25) is 0 Å². The molecule has 0 N–H and O–H groups in total. The molecule has 0 bridgehead atoms. The summed E-state index contributed by atoms with van der Waals surface area (Å²) in [7, 11) is 1.78. The molecule has 1 unspecified atom stereocenters.